The van der Waals surface area contributed by atoms with E-state index < -0.39 is 0 Å². The number of amides is 1. The molecule has 1 heterocycles. The molecule has 1 aromatic carbocycles. The van der Waals surface area contributed by atoms with Gasteiger partial charge in [-0.1, -0.05) is 0 Å². The minimum absolute atomic E-state index is 0.0431. The number of nitrogens with two attached hydrogens (primary N) is 1. The van der Waals surface area contributed by atoms with Crippen LogP contribution in [0.4, 0.5) is 11.4 Å². The molecular weight excluding hydrogens is 266 g/mol. The molecule has 0 bridgehead atoms. The number of benzene rings is 1. The largest absolute Gasteiger partial charge is 0.464 e. The van der Waals surface area contributed by atoms with Crippen molar-refractivity contribution in [3.8, 4) is 0 Å². The molecule has 21 heavy (non-hydrogen) atoms. The molecule has 0 saturated carbocycles. The van der Waals surface area contributed by atoms with Crippen LogP contribution in [0, 0.1) is 6.92 Å². The van der Waals surface area contributed by atoms with Crippen molar-refractivity contribution < 1.29 is 9.21 Å². The Morgan fingerprint density at radius 2 is 1.90 bits per heavy atom. The van der Waals surface area contributed by atoms with Gasteiger partial charge in [-0.05, 0) is 37.3 Å². The van der Waals surface area contributed by atoms with Crippen molar-refractivity contribution in [1.82, 2.24) is 4.90 Å². The van der Waals surface area contributed by atoms with Crippen LogP contribution in [0.5, 0.6) is 0 Å². The van der Waals surface area contributed by atoms with Gasteiger partial charge < -0.3 is 20.0 Å². The SMILES string of the molecule is Cc1ccc(CN(C)c2cc(C(=O)N(C)C)ccc2N)o1. The highest BCUT2D eigenvalue weighted by Crippen LogP contribution is 2.26. The lowest BCUT2D eigenvalue weighted by atomic mass is 10.1. The quantitative estimate of drug-likeness (QED) is 0.878. The van der Waals surface area contributed by atoms with Crippen molar-refractivity contribution in [2.45, 2.75) is 13.5 Å². The van der Waals surface area contributed by atoms with Crippen molar-refractivity contribution in [2.24, 2.45) is 0 Å². The van der Waals surface area contributed by atoms with E-state index in [0.717, 1.165) is 17.2 Å². The van der Waals surface area contributed by atoms with E-state index in [1.165, 1.54) is 0 Å². The lowest BCUT2D eigenvalue weighted by Gasteiger charge is -2.21. The van der Waals surface area contributed by atoms with E-state index in [4.69, 9.17) is 10.2 Å². The fraction of sp³-hybridized carbons (Fsp3) is 0.312. The monoisotopic (exact) mass is 287 g/mol. The molecule has 5 nitrogen and oxygen atoms in total. The van der Waals surface area contributed by atoms with Crippen LogP contribution < -0.4 is 10.6 Å². The number of carbonyl (C=O) groups excluding carboxylic acids is 1. The molecule has 1 aromatic heterocycles. The summed E-state index contributed by atoms with van der Waals surface area (Å²) in [4.78, 5) is 15.6. The van der Waals surface area contributed by atoms with Gasteiger partial charge in [0.1, 0.15) is 11.5 Å². The Morgan fingerprint density at radius 3 is 2.48 bits per heavy atom. The molecule has 2 N–H and O–H groups in total. The molecule has 0 aliphatic rings. The highest BCUT2D eigenvalue weighted by atomic mass is 16.3. The topological polar surface area (TPSA) is 62.7 Å². The number of nitrogens with zero attached hydrogens (tertiary/aromatic N) is 2. The maximum atomic E-state index is 12.0. The molecule has 0 aliphatic carbocycles. The van der Waals surface area contributed by atoms with Crippen LogP contribution in [0.15, 0.2) is 34.7 Å². The second kappa shape index (κ2) is 5.91. The summed E-state index contributed by atoms with van der Waals surface area (Å²) in [6.07, 6.45) is 0. The number of furan rings is 1. The molecule has 0 spiro atoms. The first-order chi connectivity index (χ1) is 9.88. The number of aryl methyl sites for hydroxylation is 1. The highest BCUT2D eigenvalue weighted by molar-refractivity contribution is 5.96. The van der Waals surface area contributed by atoms with Crippen molar-refractivity contribution in [3.63, 3.8) is 0 Å². The van der Waals surface area contributed by atoms with Crippen molar-refractivity contribution in [1.29, 1.82) is 0 Å². The number of nitrogen functional groups attached to an aromatic ring is 1. The minimum atomic E-state index is -0.0431. The first-order valence-corrected chi connectivity index (χ1v) is 6.76. The number of hydrogen-bond donors (Lipinski definition) is 1. The Labute approximate surface area is 124 Å². The Morgan fingerprint density at radius 1 is 1.19 bits per heavy atom. The third kappa shape index (κ3) is 3.37. The number of rotatable bonds is 4. The molecule has 0 atom stereocenters. The molecule has 0 unspecified atom stereocenters. The second-order valence-electron chi connectivity index (χ2n) is 5.34. The summed E-state index contributed by atoms with van der Waals surface area (Å²) in [6, 6.07) is 9.19. The number of carbonyl (C=O) groups is 1. The zero-order chi connectivity index (χ0) is 15.6. The minimum Gasteiger partial charge on any atom is -0.464 e. The lowest BCUT2D eigenvalue weighted by molar-refractivity contribution is 0.0827. The van der Waals surface area contributed by atoms with Crippen LogP contribution in [-0.4, -0.2) is 32.0 Å². The molecule has 112 valence electrons. The fourth-order valence-electron chi connectivity index (χ4n) is 2.15. The normalized spacial score (nSPS) is 10.5. The molecule has 0 radical (unpaired) electrons. The van der Waals surface area contributed by atoms with Gasteiger partial charge in [0.2, 0.25) is 0 Å². The summed E-state index contributed by atoms with van der Waals surface area (Å²) >= 11 is 0. The van der Waals surface area contributed by atoms with Crippen LogP contribution in [0.1, 0.15) is 21.9 Å². The Hall–Kier alpha value is -2.43. The molecular formula is C16H21N3O2. The first-order valence-electron chi connectivity index (χ1n) is 6.76. The Balaban J connectivity index is 2.25. The van der Waals surface area contributed by atoms with Gasteiger partial charge >= 0.3 is 0 Å². The van der Waals surface area contributed by atoms with E-state index in [-0.39, 0.29) is 5.91 Å². The summed E-state index contributed by atoms with van der Waals surface area (Å²) in [6.45, 7) is 2.51. The van der Waals surface area contributed by atoms with E-state index in [1.807, 2.05) is 37.1 Å². The maximum absolute atomic E-state index is 12.0. The molecule has 2 rings (SSSR count). The van der Waals surface area contributed by atoms with Gasteiger partial charge in [0.05, 0.1) is 17.9 Å². The van der Waals surface area contributed by atoms with Gasteiger partial charge in [0.25, 0.3) is 5.91 Å². The van der Waals surface area contributed by atoms with Crippen LogP contribution in [0.3, 0.4) is 0 Å². The molecule has 0 fully saturated rings. The highest BCUT2D eigenvalue weighted by Gasteiger charge is 2.13. The number of hydrogen-bond acceptors (Lipinski definition) is 4. The van der Waals surface area contributed by atoms with Gasteiger partial charge in [-0.25, -0.2) is 0 Å². The van der Waals surface area contributed by atoms with Crippen molar-refractivity contribution >= 4 is 17.3 Å². The number of anilines is 2. The first kappa shape index (κ1) is 15.0. The summed E-state index contributed by atoms with van der Waals surface area (Å²) in [5, 5.41) is 0. The van der Waals surface area contributed by atoms with Gasteiger partial charge in [-0.15, -0.1) is 0 Å². The summed E-state index contributed by atoms with van der Waals surface area (Å²) < 4.78 is 5.57. The Kier molecular flexibility index (Phi) is 4.21. The van der Waals surface area contributed by atoms with E-state index in [2.05, 4.69) is 0 Å². The predicted molar refractivity (Wildman–Crippen MR) is 84.4 cm³/mol. The molecule has 0 aliphatic heterocycles. The maximum Gasteiger partial charge on any atom is 0.253 e. The van der Waals surface area contributed by atoms with E-state index in [9.17, 15) is 4.79 Å². The average molecular weight is 287 g/mol. The third-order valence-corrected chi connectivity index (χ3v) is 3.28. The van der Waals surface area contributed by atoms with Crippen molar-refractivity contribution in [3.05, 3.63) is 47.4 Å². The molecule has 2 aromatic rings. The van der Waals surface area contributed by atoms with Gasteiger partial charge in [0, 0.05) is 26.7 Å². The molecule has 1 amide bonds. The third-order valence-electron chi connectivity index (χ3n) is 3.28. The average Bonchev–Trinajstić information content (AvgIpc) is 2.83. The van der Waals surface area contributed by atoms with Gasteiger partial charge in [0.15, 0.2) is 0 Å². The summed E-state index contributed by atoms with van der Waals surface area (Å²) in [5.41, 5.74) is 8.10. The second-order valence-corrected chi connectivity index (χ2v) is 5.34. The van der Waals surface area contributed by atoms with Crippen molar-refractivity contribution in [2.75, 3.05) is 31.8 Å². The van der Waals surface area contributed by atoms with E-state index >= 15 is 0 Å². The van der Waals surface area contributed by atoms with Crippen LogP contribution in [-0.2, 0) is 6.54 Å². The lowest BCUT2D eigenvalue weighted by Crippen LogP contribution is -2.23. The Bertz CT molecular complexity index is 647. The molecule has 0 saturated heterocycles. The van der Waals surface area contributed by atoms with Crippen LogP contribution >= 0.6 is 0 Å². The van der Waals surface area contributed by atoms with Gasteiger partial charge in [-0.3, -0.25) is 4.79 Å². The zero-order valence-corrected chi connectivity index (χ0v) is 12.9. The summed E-state index contributed by atoms with van der Waals surface area (Å²) in [5.74, 6) is 1.69. The zero-order valence-electron chi connectivity index (χ0n) is 12.9. The fourth-order valence-corrected chi connectivity index (χ4v) is 2.15. The standard InChI is InChI=1S/C16H21N3O2/c1-11-5-7-13(21-11)10-19(4)15-9-12(6-8-14(15)17)16(20)18(2)3/h5-9H,10,17H2,1-4H3. The van der Waals surface area contributed by atoms with Crippen LogP contribution in [0.25, 0.3) is 0 Å². The smallest absolute Gasteiger partial charge is 0.253 e. The predicted octanol–water partition coefficient (Wildman–Crippen LogP) is 2.51. The molecule has 5 heteroatoms. The summed E-state index contributed by atoms with van der Waals surface area (Å²) in [7, 11) is 5.38. The van der Waals surface area contributed by atoms with E-state index in [0.29, 0.717) is 17.8 Å². The van der Waals surface area contributed by atoms with Crippen LogP contribution in [0.2, 0.25) is 0 Å². The van der Waals surface area contributed by atoms with E-state index in [1.54, 1.807) is 31.1 Å². The van der Waals surface area contributed by atoms with Gasteiger partial charge in [-0.2, -0.15) is 0 Å².